The molecule has 1 amide bonds. The van der Waals surface area contributed by atoms with Crippen molar-refractivity contribution in [1.82, 2.24) is 4.90 Å². The molecule has 0 aromatic heterocycles. The van der Waals surface area contributed by atoms with Crippen LogP contribution in [0.25, 0.3) is 0 Å². The molecule has 2 rings (SSSR count). The molecule has 92 valence electrons. The molecule has 3 nitrogen and oxygen atoms in total. The van der Waals surface area contributed by atoms with E-state index < -0.39 is 17.5 Å². The second kappa shape index (κ2) is 4.79. The van der Waals surface area contributed by atoms with Crippen LogP contribution in [-0.2, 0) is 0 Å². The third kappa shape index (κ3) is 2.44. The fraction of sp³-hybridized carbons (Fsp3) is 0.417. The van der Waals surface area contributed by atoms with Crippen LogP contribution in [0.4, 0.5) is 8.78 Å². The maximum atomic E-state index is 13.5. The van der Waals surface area contributed by atoms with Gasteiger partial charge in [0, 0.05) is 0 Å². The fourth-order valence-electron chi connectivity index (χ4n) is 1.93. The summed E-state index contributed by atoms with van der Waals surface area (Å²) in [5.41, 5.74) is -0.176. The van der Waals surface area contributed by atoms with Gasteiger partial charge in [-0.25, -0.2) is 8.78 Å². The summed E-state index contributed by atoms with van der Waals surface area (Å²) in [5.74, 6) is -2.45. The molecule has 0 saturated carbocycles. The standard InChI is InChI=1S/C12H14F2N2O/c1-15-5-7-16(8-6-15)12(17)9-3-2-4-10(13)11(9)14/h2-4H,5-8H2,1H3/p+1. The van der Waals surface area contributed by atoms with Crippen molar-refractivity contribution in [3.05, 3.63) is 35.4 Å². The number of hydrogen-bond acceptors (Lipinski definition) is 1. The monoisotopic (exact) mass is 241 g/mol. The second-order valence-corrected chi connectivity index (χ2v) is 4.35. The first-order chi connectivity index (χ1) is 8.09. The number of quaternary nitrogens is 1. The van der Waals surface area contributed by atoms with E-state index in [1.54, 1.807) is 4.90 Å². The Morgan fingerprint density at radius 2 is 1.94 bits per heavy atom. The van der Waals surface area contributed by atoms with Gasteiger partial charge in [-0.3, -0.25) is 4.79 Å². The van der Waals surface area contributed by atoms with Gasteiger partial charge in [0.25, 0.3) is 5.91 Å². The molecule has 1 heterocycles. The van der Waals surface area contributed by atoms with Gasteiger partial charge in [0.2, 0.25) is 0 Å². The molecule has 1 saturated heterocycles. The summed E-state index contributed by atoms with van der Waals surface area (Å²) in [5, 5.41) is 0. The van der Waals surface area contributed by atoms with Gasteiger partial charge in [-0.1, -0.05) is 6.07 Å². The molecule has 5 heteroatoms. The lowest BCUT2D eigenvalue weighted by Gasteiger charge is -2.30. The summed E-state index contributed by atoms with van der Waals surface area (Å²) in [7, 11) is 2.05. The summed E-state index contributed by atoms with van der Waals surface area (Å²) >= 11 is 0. The van der Waals surface area contributed by atoms with Crippen molar-refractivity contribution < 1.29 is 18.5 Å². The van der Waals surface area contributed by atoms with Crippen molar-refractivity contribution in [2.24, 2.45) is 0 Å². The van der Waals surface area contributed by atoms with Crippen molar-refractivity contribution in [2.45, 2.75) is 0 Å². The maximum Gasteiger partial charge on any atom is 0.257 e. The number of benzene rings is 1. The quantitative estimate of drug-likeness (QED) is 0.732. The molecule has 1 aliphatic rings. The summed E-state index contributed by atoms with van der Waals surface area (Å²) in [6, 6.07) is 3.69. The fourth-order valence-corrected chi connectivity index (χ4v) is 1.93. The number of piperazine rings is 1. The van der Waals surface area contributed by atoms with E-state index in [1.165, 1.54) is 17.0 Å². The molecular formula is C12H15F2N2O+. The highest BCUT2D eigenvalue weighted by Gasteiger charge is 2.25. The van der Waals surface area contributed by atoms with Gasteiger partial charge in [0.15, 0.2) is 11.6 Å². The molecule has 17 heavy (non-hydrogen) atoms. The lowest BCUT2D eigenvalue weighted by molar-refractivity contribution is -0.883. The van der Waals surface area contributed by atoms with E-state index in [1.807, 2.05) is 7.05 Å². The van der Waals surface area contributed by atoms with E-state index in [2.05, 4.69) is 0 Å². The first kappa shape index (κ1) is 12.0. The number of hydrogen-bond donors (Lipinski definition) is 1. The van der Waals surface area contributed by atoms with Crippen LogP contribution >= 0.6 is 0 Å². The number of nitrogens with one attached hydrogen (secondary N) is 1. The minimum absolute atomic E-state index is 0.176. The molecule has 1 N–H and O–H groups in total. The van der Waals surface area contributed by atoms with Crippen molar-refractivity contribution in [2.75, 3.05) is 33.2 Å². The van der Waals surface area contributed by atoms with Crippen LogP contribution in [0.5, 0.6) is 0 Å². The van der Waals surface area contributed by atoms with Crippen LogP contribution in [0.3, 0.4) is 0 Å². The molecule has 0 atom stereocenters. The van der Waals surface area contributed by atoms with Crippen molar-refractivity contribution in [3.8, 4) is 0 Å². The lowest BCUT2D eigenvalue weighted by Crippen LogP contribution is -3.12. The van der Waals surface area contributed by atoms with Crippen LogP contribution in [0.1, 0.15) is 10.4 Å². The van der Waals surface area contributed by atoms with Gasteiger partial charge < -0.3 is 9.80 Å². The molecule has 0 unspecified atom stereocenters. The van der Waals surface area contributed by atoms with E-state index in [4.69, 9.17) is 0 Å². The number of rotatable bonds is 1. The third-order valence-electron chi connectivity index (χ3n) is 3.09. The van der Waals surface area contributed by atoms with Gasteiger partial charge >= 0.3 is 0 Å². The molecule has 1 fully saturated rings. The molecular weight excluding hydrogens is 226 g/mol. The zero-order valence-electron chi connectivity index (χ0n) is 9.67. The van der Waals surface area contributed by atoms with Gasteiger partial charge in [0.1, 0.15) is 0 Å². The number of likely N-dealkylation sites (N-methyl/N-ethyl adjacent to an activating group) is 1. The molecule has 0 spiro atoms. The minimum atomic E-state index is -1.05. The van der Waals surface area contributed by atoms with Crippen molar-refractivity contribution in [1.29, 1.82) is 0 Å². The predicted molar refractivity (Wildman–Crippen MR) is 58.9 cm³/mol. The topological polar surface area (TPSA) is 24.8 Å². The molecule has 1 aromatic carbocycles. The smallest absolute Gasteiger partial charge is 0.257 e. The Labute approximate surface area is 98.6 Å². The Kier molecular flexibility index (Phi) is 3.38. The van der Waals surface area contributed by atoms with E-state index in [9.17, 15) is 13.6 Å². The second-order valence-electron chi connectivity index (χ2n) is 4.35. The Hall–Kier alpha value is -1.49. The predicted octanol–water partition coefficient (Wildman–Crippen LogP) is -0.0647. The number of nitrogens with zero attached hydrogens (tertiary/aromatic N) is 1. The van der Waals surface area contributed by atoms with Gasteiger partial charge in [-0.15, -0.1) is 0 Å². The third-order valence-corrected chi connectivity index (χ3v) is 3.09. The van der Waals surface area contributed by atoms with E-state index >= 15 is 0 Å². The number of carbonyl (C=O) groups is 1. The van der Waals surface area contributed by atoms with Gasteiger partial charge in [0.05, 0.1) is 38.8 Å². The van der Waals surface area contributed by atoms with Crippen LogP contribution < -0.4 is 4.90 Å². The Bertz CT molecular complexity index is 429. The molecule has 0 bridgehead atoms. The highest BCUT2D eigenvalue weighted by molar-refractivity contribution is 5.94. The SMILES string of the molecule is C[NH+]1CCN(C(=O)c2cccc(F)c2F)CC1. The Morgan fingerprint density at radius 1 is 1.29 bits per heavy atom. The van der Waals surface area contributed by atoms with Crippen LogP contribution in [0, 0.1) is 11.6 Å². The molecule has 1 aromatic rings. The van der Waals surface area contributed by atoms with E-state index in [-0.39, 0.29) is 5.56 Å². The molecule has 0 radical (unpaired) electrons. The van der Waals surface area contributed by atoms with E-state index in [0.717, 1.165) is 19.2 Å². The average Bonchev–Trinajstić information content (AvgIpc) is 2.33. The normalized spacial score (nSPS) is 17.2. The lowest BCUT2D eigenvalue weighted by atomic mass is 10.1. The largest absolute Gasteiger partial charge is 0.334 e. The summed E-state index contributed by atoms with van der Waals surface area (Å²) in [6.07, 6.45) is 0. The summed E-state index contributed by atoms with van der Waals surface area (Å²) < 4.78 is 26.5. The average molecular weight is 241 g/mol. The highest BCUT2D eigenvalue weighted by Crippen LogP contribution is 2.13. The first-order valence-corrected chi connectivity index (χ1v) is 5.64. The Balaban J connectivity index is 2.17. The summed E-state index contributed by atoms with van der Waals surface area (Å²) in [6.45, 7) is 2.84. The number of carbonyl (C=O) groups excluding carboxylic acids is 1. The minimum Gasteiger partial charge on any atom is -0.334 e. The zero-order chi connectivity index (χ0) is 12.4. The molecule has 0 aliphatic carbocycles. The van der Waals surface area contributed by atoms with Crippen molar-refractivity contribution >= 4 is 5.91 Å². The van der Waals surface area contributed by atoms with Crippen LogP contribution in [0.15, 0.2) is 18.2 Å². The maximum absolute atomic E-state index is 13.5. The van der Waals surface area contributed by atoms with Crippen LogP contribution in [-0.4, -0.2) is 44.0 Å². The Morgan fingerprint density at radius 3 is 2.59 bits per heavy atom. The zero-order valence-corrected chi connectivity index (χ0v) is 9.67. The molecule has 1 aliphatic heterocycles. The highest BCUT2D eigenvalue weighted by atomic mass is 19.2. The first-order valence-electron chi connectivity index (χ1n) is 5.64. The number of halogens is 2. The number of amides is 1. The van der Waals surface area contributed by atoms with E-state index in [0.29, 0.717) is 13.1 Å². The van der Waals surface area contributed by atoms with Gasteiger partial charge in [-0.2, -0.15) is 0 Å². The van der Waals surface area contributed by atoms with Crippen LogP contribution in [0.2, 0.25) is 0 Å². The van der Waals surface area contributed by atoms with Crippen molar-refractivity contribution in [3.63, 3.8) is 0 Å². The summed E-state index contributed by atoms with van der Waals surface area (Å²) in [4.78, 5) is 14.9. The van der Waals surface area contributed by atoms with Gasteiger partial charge in [-0.05, 0) is 12.1 Å².